The number of ether oxygens (including phenoxy) is 4. The van der Waals surface area contributed by atoms with Gasteiger partial charge >= 0.3 is 18.0 Å². The van der Waals surface area contributed by atoms with Crippen LogP contribution in [0.3, 0.4) is 0 Å². The highest BCUT2D eigenvalue weighted by Gasteiger charge is 2.34. The van der Waals surface area contributed by atoms with Crippen molar-refractivity contribution in [3.8, 4) is 5.75 Å². The molecule has 0 aromatic heterocycles. The van der Waals surface area contributed by atoms with Crippen LogP contribution >= 0.6 is 0 Å². The Kier molecular flexibility index (Phi) is 29.6. The summed E-state index contributed by atoms with van der Waals surface area (Å²) in [6.45, 7) is 19.4. The second-order valence-corrected chi connectivity index (χ2v) is 12.7. The average molecular weight is 772 g/mol. The molecule has 0 radical (unpaired) electrons. The van der Waals surface area contributed by atoms with E-state index in [9.17, 15) is 33.9 Å². The predicted molar refractivity (Wildman–Crippen MR) is 203 cm³/mol. The molecule has 0 bridgehead atoms. The molecule has 2 rings (SSSR count). The molecule has 1 aliphatic heterocycles. The number of nitrogens with two attached hydrogens (primary N) is 1. The van der Waals surface area contributed by atoms with Gasteiger partial charge in [-0.3, -0.25) is 19.2 Å². The summed E-state index contributed by atoms with van der Waals surface area (Å²) in [5.41, 5.74) is 5.50. The van der Waals surface area contributed by atoms with Gasteiger partial charge in [0.05, 0.1) is 24.9 Å². The second kappa shape index (κ2) is 30.9. The number of urea groups is 1. The smallest absolute Gasteiger partial charge is 0.333 e. The number of carboxylic acid groups (broad SMARTS) is 1. The Morgan fingerprint density at radius 2 is 1.70 bits per heavy atom. The van der Waals surface area contributed by atoms with E-state index in [1.807, 2.05) is 27.7 Å². The van der Waals surface area contributed by atoms with Gasteiger partial charge in [-0.2, -0.15) is 0 Å². The fourth-order valence-electron chi connectivity index (χ4n) is 3.93. The van der Waals surface area contributed by atoms with E-state index in [2.05, 4.69) is 49.0 Å². The van der Waals surface area contributed by atoms with Gasteiger partial charge in [-0.15, -0.1) is 0 Å². The van der Waals surface area contributed by atoms with E-state index in [1.165, 1.54) is 19.1 Å². The molecule has 8 N–H and O–H groups in total. The van der Waals surface area contributed by atoms with Gasteiger partial charge in [0.1, 0.15) is 12.4 Å². The third-order valence-corrected chi connectivity index (χ3v) is 7.16. The van der Waals surface area contributed by atoms with Crippen molar-refractivity contribution in [3.63, 3.8) is 0 Å². The van der Waals surface area contributed by atoms with Crippen molar-refractivity contribution in [2.24, 2.45) is 17.6 Å². The van der Waals surface area contributed by atoms with Gasteiger partial charge in [-0.25, -0.2) is 9.59 Å². The van der Waals surface area contributed by atoms with Gasteiger partial charge in [-0.1, -0.05) is 54.5 Å². The molecule has 4 atom stereocenters. The largest absolute Gasteiger partial charge is 0.479 e. The lowest BCUT2D eigenvalue weighted by Gasteiger charge is -2.31. The van der Waals surface area contributed by atoms with Crippen LogP contribution in [0, 0.1) is 11.8 Å². The van der Waals surface area contributed by atoms with Crippen molar-refractivity contribution in [1.82, 2.24) is 16.0 Å². The van der Waals surface area contributed by atoms with Gasteiger partial charge < -0.3 is 56.2 Å². The first-order valence-corrected chi connectivity index (χ1v) is 18.3. The van der Waals surface area contributed by atoms with E-state index in [4.69, 9.17) is 29.8 Å². The molecular weight excluding hydrogens is 706 g/mol. The van der Waals surface area contributed by atoms with Crippen LogP contribution < -0.4 is 31.7 Å². The number of hydrogen-bond acceptors (Lipinski definition) is 11. The van der Waals surface area contributed by atoms with Crippen LogP contribution in [0.1, 0.15) is 100.0 Å². The number of aliphatic carboxylic acids is 1. The summed E-state index contributed by atoms with van der Waals surface area (Å²) in [6, 6.07) is 4.38. The lowest BCUT2D eigenvalue weighted by Crippen LogP contribution is -2.42. The number of nitrogens with one attached hydrogen (secondary N) is 4. The topological polar surface area (TPSA) is 254 Å². The van der Waals surface area contributed by atoms with Crippen molar-refractivity contribution in [1.29, 1.82) is 0 Å². The van der Waals surface area contributed by atoms with Gasteiger partial charge in [0, 0.05) is 45.4 Å². The SMILES string of the molecule is CC.CC(=O)OCc1ccc(NC(=O)CNC=O)c(OC2CC(O)CC(C(=O)O)O2)c1.CC(C)CCOCCC(=O)NC(C)C(C)C.CCCNC(N)=O. The fraction of sp³-hybridized carbons (Fsp3) is 0.676. The van der Waals surface area contributed by atoms with Crippen molar-refractivity contribution in [2.75, 3.05) is 31.6 Å². The summed E-state index contributed by atoms with van der Waals surface area (Å²) >= 11 is 0. The number of amides is 5. The summed E-state index contributed by atoms with van der Waals surface area (Å²) in [5, 5.41) is 29.2. The van der Waals surface area contributed by atoms with Crippen LogP contribution in [0.15, 0.2) is 18.2 Å². The Morgan fingerprint density at radius 1 is 1.04 bits per heavy atom. The molecule has 1 saturated heterocycles. The molecule has 17 nitrogen and oxygen atoms in total. The minimum Gasteiger partial charge on any atom is -0.479 e. The van der Waals surface area contributed by atoms with Gasteiger partial charge in [0.15, 0.2) is 6.10 Å². The monoisotopic (exact) mass is 771 g/mol. The van der Waals surface area contributed by atoms with Crippen molar-refractivity contribution in [3.05, 3.63) is 23.8 Å². The van der Waals surface area contributed by atoms with Crippen molar-refractivity contribution in [2.45, 2.75) is 126 Å². The van der Waals surface area contributed by atoms with Gasteiger partial charge in [0.2, 0.25) is 24.5 Å². The maximum atomic E-state index is 11.9. The Labute approximate surface area is 319 Å². The minimum absolute atomic E-state index is 0.0258. The third kappa shape index (κ3) is 27.2. The molecule has 0 aliphatic carbocycles. The maximum Gasteiger partial charge on any atom is 0.333 e. The molecule has 1 aromatic rings. The van der Waals surface area contributed by atoms with E-state index in [0.29, 0.717) is 43.4 Å². The first-order chi connectivity index (χ1) is 25.5. The highest BCUT2D eigenvalue weighted by Crippen LogP contribution is 2.30. The van der Waals surface area contributed by atoms with Crippen LogP contribution in [-0.2, 0) is 44.8 Å². The molecule has 1 aliphatic rings. The van der Waals surface area contributed by atoms with Crippen LogP contribution in [0.5, 0.6) is 5.75 Å². The minimum atomic E-state index is -1.23. The third-order valence-electron chi connectivity index (χ3n) is 7.16. The zero-order valence-corrected chi connectivity index (χ0v) is 33.4. The van der Waals surface area contributed by atoms with E-state index in [-0.39, 0.29) is 49.4 Å². The van der Waals surface area contributed by atoms with E-state index < -0.39 is 42.4 Å². The molecule has 1 heterocycles. The summed E-state index contributed by atoms with van der Waals surface area (Å²) in [5.74, 6) is -0.881. The Bertz CT molecular complexity index is 1250. The number of carbonyl (C=O) groups excluding carboxylic acids is 5. The van der Waals surface area contributed by atoms with Crippen molar-refractivity contribution >= 4 is 41.9 Å². The van der Waals surface area contributed by atoms with Gasteiger partial charge in [-0.05, 0) is 49.3 Å². The predicted octanol–water partition coefficient (Wildman–Crippen LogP) is 3.45. The lowest BCUT2D eigenvalue weighted by atomic mass is 10.1. The average Bonchev–Trinajstić information content (AvgIpc) is 3.10. The number of aliphatic hydroxyl groups excluding tert-OH is 1. The molecule has 1 fully saturated rings. The highest BCUT2D eigenvalue weighted by molar-refractivity contribution is 5.94. The normalized spacial score (nSPS) is 16.3. The summed E-state index contributed by atoms with van der Waals surface area (Å²) in [7, 11) is 0. The highest BCUT2D eigenvalue weighted by atomic mass is 16.7. The quantitative estimate of drug-likeness (QED) is 0.0607. The Hall–Kier alpha value is -4.48. The molecule has 310 valence electrons. The number of rotatable bonds is 19. The number of esters is 1. The molecule has 17 heteroatoms. The molecule has 54 heavy (non-hydrogen) atoms. The van der Waals surface area contributed by atoms with E-state index in [0.717, 1.165) is 19.4 Å². The zero-order valence-electron chi connectivity index (χ0n) is 33.4. The summed E-state index contributed by atoms with van der Waals surface area (Å²) < 4.78 is 21.4. The van der Waals surface area contributed by atoms with Gasteiger partial charge in [0.25, 0.3) is 0 Å². The number of anilines is 1. The number of benzene rings is 1. The number of carboxylic acids is 1. The maximum absolute atomic E-state index is 11.9. The first-order valence-electron chi connectivity index (χ1n) is 18.3. The number of hydrogen-bond donors (Lipinski definition) is 7. The molecule has 1 aromatic carbocycles. The molecule has 0 saturated carbocycles. The van der Waals surface area contributed by atoms with E-state index >= 15 is 0 Å². The fourth-order valence-corrected chi connectivity index (χ4v) is 3.93. The van der Waals surface area contributed by atoms with Crippen LogP contribution in [-0.4, -0.2) is 97.3 Å². The molecular formula is C37H65N5O12. The second-order valence-electron chi connectivity index (χ2n) is 12.7. The van der Waals surface area contributed by atoms with Crippen LogP contribution in [0.4, 0.5) is 10.5 Å². The first kappa shape index (κ1) is 51.6. The summed E-state index contributed by atoms with van der Waals surface area (Å²) in [6.07, 6.45) is -0.449. The standard InChI is InChI=1S/C18H22N2O9.C13H27NO2.C4H10N2O.C2H6/c1-10(22)27-8-11-2-3-13(20-16(24)7-19-9-21)14(4-11)28-17-6-12(23)5-15(29-17)18(25)26;1-10(2)6-8-16-9-7-13(15)14-12(5)11(3)4;1-2-3-6-4(5)7;1-2/h2-4,9,12,15,17,23H,5-8H2,1H3,(H,19,21)(H,20,24)(H,25,26);10-12H,6-9H2,1-5H3,(H,14,15);2-3H2,1H3,(H3,5,6,7);1-2H3. The Morgan fingerprint density at radius 3 is 2.22 bits per heavy atom. The van der Waals surface area contributed by atoms with E-state index in [1.54, 1.807) is 6.07 Å². The molecule has 0 spiro atoms. The number of carbonyl (C=O) groups is 6. The lowest BCUT2D eigenvalue weighted by molar-refractivity contribution is -0.195. The number of aliphatic hydroxyl groups is 1. The zero-order chi connectivity index (χ0) is 41.6. The molecule has 4 unspecified atom stereocenters. The molecule has 5 amide bonds. The van der Waals surface area contributed by atoms with Crippen LogP contribution in [0.2, 0.25) is 0 Å². The van der Waals surface area contributed by atoms with Crippen LogP contribution in [0.25, 0.3) is 0 Å². The summed E-state index contributed by atoms with van der Waals surface area (Å²) in [4.78, 5) is 65.8. The number of primary amides is 1. The Balaban J connectivity index is 0. The van der Waals surface area contributed by atoms with Crippen molar-refractivity contribution < 1.29 is 57.9 Å².